The number of carbonyl (C=O) groups is 1. The smallest absolute Gasteiger partial charge is 0.242 e. The summed E-state index contributed by atoms with van der Waals surface area (Å²) in [6.07, 6.45) is 0.683. The van der Waals surface area contributed by atoms with Gasteiger partial charge in [-0.25, -0.2) is 4.99 Å². The molecule has 28 heavy (non-hydrogen) atoms. The minimum Gasteiger partial charge on any atom is -0.493 e. The van der Waals surface area contributed by atoms with Crippen molar-refractivity contribution in [3.8, 4) is 17.2 Å². The van der Waals surface area contributed by atoms with Crippen LogP contribution in [0.3, 0.4) is 0 Å². The minimum absolute atomic E-state index is 0.0618. The standard InChI is InChI=1S/C20H34N4O4/c1-8-21-19(23-13-16(25)24-20(2,3)4)22-12-11-14-9-10-15(26-5)18(28-7)17(14)27-6/h9-10H,8,11-13H2,1-7H3,(H,24,25)(H2,21,22,23). The molecule has 0 heterocycles. The van der Waals surface area contributed by atoms with Crippen molar-refractivity contribution in [3.63, 3.8) is 0 Å². The molecule has 0 aliphatic heterocycles. The number of aliphatic imine (C=N–C) groups is 1. The number of nitrogens with zero attached hydrogens (tertiary/aromatic N) is 1. The first-order valence-corrected chi connectivity index (χ1v) is 9.36. The Morgan fingerprint density at radius 2 is 1.71 bits per heavy atom. The largest absolute Gasteiger partial charge is 0.493 e. The minimum atomic E-state index is -0.275. The molecule has 0 atom stereocenters. The first kappa shape index (κ1) is 23.4. The zero-order chi connectivity index (χ0) is 21.2. The maximum atomic E-state index is 12.0. The number of hydrogen-bond acceptors (Lipinski definition) is 5. The van der Waals surface area contributed by atoms with Gasteiger partial charge in [0.05, 0.1) is 21.3 Å². The summed E-state index contributed by atoms with van der Waals surface area (Å²) in [5.41, 5.74) is 0.705. The highest BCUT2D eigenvalue weighted by molar-refractivity contribution is 5.85. The van der Waals surface area contributed by atoms with Gasteiger partial charge in [0.2, 0.25) is 11.7 Å². The monoisotopic (exact) mass is 394 g/mol. The van der Waals surface area contributed by atoms with Crippen molar-refractivity contribution in [1.29, 1.82) is 0 Å². The van der Waals surface area contributed by atoms with Gasteiger partial charge in [0.1, 0.15) is 6.54 Å². The molecule has 3 N–H and O–H groups in total. The summed E-state index contributed by atoms with van der Waals surface area (Å²) in [6, 6.07) is 3.80. The molecule has 0 saturated carbocycles. The van der Waals surface area contributed by atoms with E-state index >= 15 is 0 Å². The van der Waals surface area contributed by atoms with Crippen LogP contribution in [0.2, 0.25) is 0 Å². The van der Waals surface area contributed by atoms with Crippen LogP contribution in [0.1, 0.15) is 33.3 Å². The summed E-state index contributed by atoms with van der Waals surface area (Å²) in [5, 5.41) is 9.27. The van der Waals surface area contributed by atoms with Crippen LogP contribution in [-0.2, 0) is 11.2 Å². The van der Waals surface area contributed by atoms with Gasteiger partial charge in [-0.3, -0.25) is 4.79 Å². The highest BCUT2D eigenvalue weighted by atomic mass is 16.5. The topological polar surface area (TPSA) is 93.2 Å². The van der Waals surface area contributed by atoms with Crippen LogP contribution in [0.15, 0.2) is 17.1 Å². The van der Waals surface area contributed by atoms with Crippen LogP contribution in [0.5, 0.6) is 17.2 Å². The number of guanidine groups is 1. The van der Waals surface area contributed by atoms with E-state index in [1.54, 1.807) is 21.3 Å². The van der Waals surface area contributed by atoms with E-state index in [0.29, 0.717) is 42.7 Å². The summed E-state index contributed by atoms with van der Waals surface area (Å²) in [5.74, 6) is 2.31. The zero-order valence-electron chi connectivity index (χ0n) is 18.1. The van der Waals surface area contributed by atoms with Crippen LogP contribution < -0.4 is 30.2 Å². The average molecular weight is 395 g/mol. The van der Waals surface area contributed by atoms with E-state index in [-0.39, 0.29) is 18.0 Å². The summed E-state index contributed by atoms with van der Waals surface area (Å²) in [6.45, 7) is 9.17. The molecule has 0 unspecified atom stereocenters. The van der Waals surface area contributed by atoms with Crippen molar-refractivity contribution in [2.75, 3.05) is 41.0 Å². The third-order valence-electron chi connectivity index (χ3n) is 3.71. The molecule has 1 rings (SSSR count). The second-order valence-corrected chi connectivity index (χ2v) is 7.16. The molecule has 158 valence electrons. The molecule has 1 aromatic carbocycles. The molecule has 0 saturated heterocycles. The van der Waals surface area contributed by atoms with Crippen LogP contribution in [-0.4, -0.2) is 58.4 Å². The fourth-order valence-corrected chi connectivity index (χ4v) is 2.63. The lowest BCUT2D eigenvalue weighted by Crippen LogP contribution is -2.43. The van der Waals surface area contributed by atoms with E-state index in [0.717, 1.165) is 5.56 Å². The van der Waals surface area contributed by atoms with Crippen molar-refractivity contribution < 1.29 is 19.0 Å². The lowest BCUT2D eigenvalue weighted by molar-refractivity contribution is -0.121. The molecule has 1 aromatic rings. The Morgan fingerprint density at radius 1 is 1.04 bits per heavy atom. The third-order valence-corrected chi connectivity index (χ3v) is 3.71. The SMILES string of the molecule is CCNC(=NCC(=O)NC(C)(C)C)NCCc1ccc(OC)c(OC)c1OC. The van der Waals surface area contributed by atoms with E-state index in [1.807, 2.05) is 39.8 Å². The summed E-state index contributed by atoms with van der Waals surface area (Å²) < 4.78 is 16.2. The van der Waals surface area contributed by atoms with Gasteiger partial charge in [-0.15, -0.1) is 0 Å². The molecule has 0 fully saturated rings. The Morgan fingerprint density at radius 3 is 2.25 bits per heavy atom. The molecular formula is C20H34N4O4. The number of amides is 1. The van der Waals surface area contributed by atoms with Crippen LogP contribution in [0.25, 0.3) is 0 Å². The van der Waals surface area contributed by atoms with Crippen LogP contribution in [0.4, 0.5) is 0 Å². The number of nitrogens with one attached hydrogen (secondary N) is 3. The number of hydrogen-bond donors (Lipinski definition) is 3. The van der Waals surface area contributed by atoms with Crippen molar-refractivity contribution in [3.05, 3.63) is 17.7 Å². The van der Waals surface area contributed by atoms with E-state index in [9.17, 15) is 4.79 Å². The van der Waals surface area contributed by atoms with E-state index in [4.69, 9.17) is 14.2 Å². The summed E-state index contributed by atoms with van der Waals surface area (Å²) in [4.78, 5) is 16.3. The van der Waals surface area contributed by atoms with Gasteiger partial charge < -0.3 is 30.2 Å². The molecule has 1 amide bonds. The van der Waals surface area contributed by atoms with E-state index in [2.05, 4.69) is 20.9 Å². The molecule has 8 nitrogen and oxygen atoms in total. The number of carbonyl (C=O) groups excluding carboxylic acids is 1. The molecule has 0 aliphatic rings. The highest BCUT2D eigenvalue weighted by Gasteiger charge is 2.16. The van der Waals surface area contributed by atoms with Crippen molar-refractivity contribution >= 4 is 11.9 Å². The summed E-state index contributed by atoms with van der Waals surface area (Å²) in [7, 11) is 4.78. The fraction of sp³-hybridized carbons (Fsp3) is 0.600. The molecular weight excluding hydrogens is 360 g/mol. The fourth-order valence-electron chi connectivity index (χ4n) is 2.63. The maximum absolute atomic E-state index is 12.0. The second-order valence-electron chi connectivity index (χ2n) is 7.16. The quantitative estimate of drug-likeness (QED) is 0.436. The van der Waals surface area contributed by atoms with E-state index < -0.39 is 0 Å². The van der Waals surface area contributed by atoms with Gasteiger partial charge in [-0.2, -0.15) is 0 Å². The Balaban J connectivity index is 2.75. The lowest BCUT2D eigenvalue weighted by atomic mass is 10.1. The maximum Gasteiger partial charge on any atom is 0.242 e. The normalized spacial score (nSPS) is 11.6. The van der Waals surface area contributed by atoms with Crippen LogP contribution >= 0.6 is 0 Å². The third kappa shape index (κ3) is 7.54. The molecule has 0 aromatic heterocycles. The lowest BCUT2D eigenvalue weighted by Gasteiger charge is -2.20. The predicted octanol–water partition coefficient (Wildman–Crippen LogP) is 1.72. The Bertz CT molecular complexity index is 669. The predicted molar refractivity (Wildman–Crippen MR) is 112 cm³/mol. The highest BCUT2D eigenvalue weighted by Crippen LogP contribution is 2.39. The van der Waals surface area contributed by atoms with Gasteiger partial charge >= 0.3 is 0 Å². The second kappa shape index (κ2) is 11.3. The average Bonchev–Trinajstić information content (AvgIpc) is 2.63. The van der Waals surface area contributed by atoms with Crippen molar-refractivity contribution in [2.45, 2.75) is 39.7 Å². The number of ether oxygens (including phenoxy) is 3. The van der Waals surface area contributed by atoms with E-state index in [1.165, 1.54) is 0 Å². The van der Waals surface area contributed by atoms with Crippen molar-refractivity contribution in [2.24, 2.45) is 4.99 Å². The Labute approximate surface area is 168 Å². The van der Waals surface area contributed by atoms with Gasteiger partial charge in [-0.05, 0) is 40.2 Å². The zero-order valence-corrected chi connectivity index (χ0v) is 18.1. The van der Waals surface area contributed by atoms with Crippen molar-refractivity contribution in [1.82, 2.24) is 16.0 Å². The van der Waals surface area contributed by atoms with Gasteiger partial charge in [0.15, 0.2) is 17.5 Å². The van der Waals surface area contributed by atoms with Gasteiger partial charge in [0, 0.05) is 24.2 Å². The molecule has 8 heteroatoms. The van der Waals surface area contributed by atoms with Gasteiger partial charge in [-0.1, -0.05) is 6.07 Å². The molecule has 0 spiro atoms. The van der Waals surface area contributed by atoms with Crippen LogP contribution in [0, 0.1) is 0 Å². The van der Waals surface area contributed by atoms with Gasteiger partial charge in [0.25, 0.3) is 0 Å². The molecule has 0 aliphatic carbocycles. The number of methoxy groups -OCH3 is 3. The first-order valence-electron chi connectivity index (χ1n) is 9.36. The first-order chi connectivity index (χ1) is 13.3. The number of benzene rings is 1. The number of rotatable bonds is 9. The summed E-state index contributed by atoms with van der Waals surface area (Å²) >= 11 is 0. The Hall–Kier alpha value is -2.64. The molecule has 0 bridgehead atoms. The molecule has 0 radical (unpaired) electrons. The Kier molecular flexibility index (Phi) is 9.41.